The number of urea groups is 1. The summed E-state index contributed by atoms with van der Waals surface area (Å²) >= 11 is 0. The zero-order chi connectivity index (χ0) is 17.0. The van der Waals surface area contributed by atoms with Crippen molar-refractivity contribution < 1.29 is 14.3 Å². The third-order valence-electron chi connectivity index (χ3n) is 3.43. The minimum Gasteiger partial charge on any atom is -0.408 e. The van der Waals surface area contributed by atoms with Crippen LogP contribution in [0.3, 0.4) is 0 Å². The van der Waals surface area contributed by atoms with Crippen molar-refractivity contribution in [1.29, 1.82) is 0 Å². The van der Waals surface area contributed by atoms with Crippen LogP contribution in [0.2, 0.25) is 0 Å². The van der Waals surface area contributed by atoms with Crippen molar-refractivity contribution in [1.82, 2.24) is 14.8 Å². The molecule has 0 atom stereocenters. The first-order valence-electron chi connectivity index (χ1n) is 7.65. The number of aromatic nitrogens is 1. The van der Waals surface area contributed by atoms with Crippen molar-refractivity contribution in [2.75, 3.05) is 19.6 Å². The molecular formula is C16H23N3O4. The zero-order valence-corrected chi connectivity index (χ0v) is 13.7. The first-order chi connectivity index (χ1) is 10.8. The maximum Gasteiger partial charge on any atom is 0.420 e. The third kappa shape index (κ3) is 4.35. The lowest BCUT2D eigenvalue weighted by Crippen LogP contribution is -2.47. The van der Waals surface area contributed by atoms with Crippen LogP contribution in [-0.4, -0.2) is 45.8 Å². The van der Waals surface area contributed by atoms with Gasteiger partial charge < -0.3 is 19.7 Å². The van der Waals surface area contributed by atoms with Crippen molar-refractivity contribution in [2.45, 2.75) is 32.9 Å². The van der Waals surface area contributed by atoms with E-state index in [4.69, 9.17) is 4.42 Å². The molecule has 0 unspecified atom stereocenters. The summed E-state index contributed by atoms with van der Waals surface area (Å²) < 4.78 is 6.63. The maximum absolute atomic E-state index is 12.1. The fourth-order valence-corrected chi connectivity index (χ4v) is 2.41. The molecule has 0 saturated heterocycles. The van der Waals surface area contributed by atoms with Gasteiger partial charge in [-0.2, -0.15) is 0 Å². The van der Waals surface area contributed by atoms with E-state index in [1.807, 2.05) is 13.0 Å². The zero-order valence-electron chi connectivity index (χ0n) is 13.7. The Morgan fingerprint density at radius 2 is 2.09 bits per heavy atom. The van der Waals surface area contributed by atoms with E-state index in [2.05, 4.69) is 5.32 Å². The second-order valence-electron chi connectivity index (χ2n) is 6.05. The number of amides is 2. The number of nitrogens with zero attached hydrogens (tertiary/aromatic N) is 2. The number of hydrogen-bond donors (Lipinski definition) is 2. The average molecular weight is 321 g/mol. The lowest BCUT2D eigenvalue weighted by atomic mass is 10.1. The molecule has 126 valence electrons. The van der Waals surface area contributed by atoms with Crippen molar-refractivity contribution in [2.24, 2.45) is 0 Å². The molecule has 0 saturated carbocycles. The highest BCUT2D eigenvalue weighted by atomic mass is 16.4. The number of oxazole rings is 1. The molecule has 2 N–H and O–H groups in total. The van der Waals surface area contributed by atoms with Crippen molar-refractivity contribution >= 4 is 17.1 Å². The molecule has 2 aromatic rings. The van der Waals surface area contributed by atoms with E-state index in [0.29, 0.717) is 30.7 Å². The molecule has 2 rings (SSSR count). The topological polar surface area (TPSA) is 87.7 Å². The Morgan fingerprint density at radius 1 is 1.39 bits per heavy atom. The van der Waals surface area contributed by atoms with E-state index in [1.165, 1.54) is 9.47 Å². The Balaban J connectivity index is 1.97. The average Bonchev–Trinajstić information content (AvgIpc) is 2.80. The standard InChI is InChI=1S/C16H23N3O4/c1-4-18(11-16(2,3)22)14(20)17-9-10-19-12-7-5-6-8-13(12)23-15(19)21/h5-8,22H,4,9-11H2,1-3H3,(H,17,20). The monoisotopic (exact) mass is 321 g/mol. The summed E-state index contributed by atoms with van der Waals surface area (Å²) in [4.78, 5) is 25.5. The van der Waals surface area contributed by atoms with Gasteiger partial charge in [0.05, 0.1) is 17.7 Å². The summed E-state index contributed by atoms with van der Waals surface area (Å²) in [5.74, 6) is -0.440. The molecule has 0 fully saturated rings. The summed E-state index contributed by atoms with van der Waals surface area (Å²) in [6, 6.07) is 6.89. The second-order valence-corrected chi connectivity index (χ2v) is 6.05. The van der Waals surface area contributed by atoms with Crippen LogP contribution in [0.5, 0.6) is 0 Å². The Bertz CT molecular complexity index is 727. The molecule has 1 aromatic heterocycles. The first-order valence-corrected chi connectivity index (χ1v) is 7.65. The van der Waals surface area contributed by atoms with Gasteiger partial charge in [0.2, 0.25) is 0 Å². The molecule has 0 aliphatic heterocycles. The van der Waals surface area contributed by atoms with Gasteiger partial charge in [-0.25, -0.2) is 9.59 Å². The van der Waals surface area contributed by atoms with E-state index < -0.39 is 11.4 Å². The van der Waals surface area contributed by atoms with Crippen LogP contribution in [0.25, 0.3) is 11.1 Å². The molecule has 2 amide bonds. The Labute approximate surface area is 134 Å². The SMILES string of the molecule is CCN(CC(C)(C)O)C(=O)NCCn1c(=O)oc2ccccc21. The number of nitrogens with one attached hydrogen (secondary N) is 1. The number of rotatable bonds is 6. The molecular weight excluding hydrogens is 298 g/mol. The summed E-state index contributed by atoms with van der Waals surface area (Å²) in [6.45, 7) is 6.50. The van der Waals surface area contributed by atoms with Crippen LogP contribution < -0.4 is 11.1 Å². The van der Waals surface area contributed by atoms with E-state index in [0.717, 1.165) is 0 Å². The molecule has 7 heteroatoms. The highest BCUT2D eigenvalue weighted by molar-refractivity contribution is 5.74. The molecule has 23 heavy (non-hydrogen) atoms. The van der Waals surface area contributed by atoms with Gasteiger partial charge in [0.1, 0.15) is 0 Å². The van der Waals surface area contributed by atoms with E-state index in [1.54, 1.807) is 32.0 Å². The van der Waals surface area contributed by atoms with Crippen molar-refractivity contribution in [3.8, 4) is 0 Å². The maximum atomic E-state index is 12.1. The lowest BCUT2D eigenvalue weighted by molar-refractivity contribution is 0.0480. The first kappa shape index (κ1) is 17.1. The van der Waals surface area contributed by atoms with E-state index in [-0.39, 0.29) is 12.6 Å². The quantitative estimate of drug-likeness (QED) is 0.842. The summed E-state index contributed by atoms with van der Waals surface area (Å²) in [7, 11) is 0. The van der Waals surface area contributed by atoms with Crippen LogP contribution >= 0.6 is 0 Å². The van der Waals surface area contributed by atoms with Crippen molar-refractivity contribution in [3.63, 3.8) is 0 Å². The molecule has 0 aliphatic carbocycles. The van der Waals surface area contributed by atoms with Crippen LogP contribution in [0.4, 0.5) is 4.79 Å². The molecule has 0 aliphatic rings. The van der Waals surface area contributed by atoms with Gasteiger partial charge in [-0.1, -0.05) is 12.1 Å². The molecule has 0 radical (unpaired) electrons. The van der Waals surface area contributed by atoms with Gasteiger partial charge in [-0.3, -0.25) is 4.57 Å². The number of benzene rings is 1. The largest absolute Gasteiger partial charge is 0.420 e. The fraction of sp³-hybridized carbons (Fsp3) is 0.500. The number of carbonyl (C=O) groups excluding carboxylic acids is 1. The predicted octanol–water partition coefficient (Wildman–Crippen LogP) is 1.40. The smallest absolute Gasteiger partial charge is 0.408 e. The molecule has 0 spiro atoms. The molecule has 7 nitrogen and oxygen atoms in total. The highest BCUT2D eigenvalue weighted by Gasteiger charge is 2.21. The van der Waals surface area contributed by atoms with Gasteiger partial charge in [0, 0.05) is 19.6 Å². The highest BCUT2D eigenvalue weighted by Crippen LogP contribution is 2.11. The Hall–Kier alpha value is -2.28. The number of hydrogen-bond acceptors (Lipinski definition) is 4. The number of aliphatic hydroxyl groups is 1. The second kappa shape index (κ2) is 6.87. The number of likely N-dealkylation sites (N-methyl/N-ethyl adjacent to an activating group) is 1. The van der Waals surface area contributed by atoms with Crippen LogP contribution in [0.15, 0.2) is 33.5 Å². The van der Waals surface area contributed by atoms with E-state index in [9.17, 15) is 14.7 Å². The van der Waals surface area contributed by atoms with Gasteiger partial charge in [-0.15, -0.1) is 0 Å². The van der Waals surface area contributed by atoms with Gasteiger partial charge in [0.25, 0.3) is 0 Å². The fourth-order valence-electron chi connectivity index (χ4n) is 2.41. The van der Waals surface area contributed by atoms with E-state index >= 15 is 0 Å². The van der Waals surface area contributed by atoms with Crippen LogP contribution in [-0.2, 0) is 6.54 Å². The number of fused-ring (bicyclic) bond motifs is 1. The van der Waals surface area contributed by atoms with Gasteiger partial charge >= 0.3 is 11.8 Å². The minimum atomic E-state index is -0.953. The van der Waals surface area contributed by atoms with Gasteiger partial charge in [0.15, 0.2) is 5.58 Å². The minimum absolute atomic E-state index is 0.240. The number of carbonyl (C=O) groups is 1. The summed E-state index contributed by atoms with van der Waals surface area (Å²) in [6.07, 6.45) is 0. The number of para-hydroxylation sites is 2. The normalized spacial score (nSPS) is 11.7. The summed E-state index contributed by atoms with van der Waals surface area (Å²) in [5.41, 5.74) is 0.280. The predicted molar refractivity (Wildman–Crippen MR) is 87.4 cm³/mol. The van der Waals surface area contributed by atoms with Crippen LogP contribution in [0, 0.1) is 0 Å². The third-order valence-corrected chi connectivity index (χ3v) is 3.43. The molecule has 0 bridgehead atoms. The molecule has 1 aromatic carbocycles. The van der Waals surface area contributed by atoms with Gasteiger partial charge in [-0.05, 0) is 32.9 Å². The summed E-state index contributed by atoms with van der Waals surface area (Å²) in [5, 5.41) is 12.6. The van der Waals surface area contributed by atoms with Crippen molar-refractivity contribution in [3.05, 3.63) is 34.8 Å². The van der Waals surface area contributed by atoms with Crippen LogP contribution in [0.1, 0.15) is 20.8 Å². The Morgan fingerprint density at radius 3 is 2.74 bits per heavy atom. The Kier molecular flexibility index (Phi) is 5.10. The molecule has 1 heterocycles. The lowest BCUT2D eigenvalue weighted by Gasteiger charge is -2.28.